The first-order valence-corrected chi connectivity index (χ1v) is 14.7. The summed E-state index contributed by atoms with van der Waals surface area (Å²) in [6, 6.07) is -0.807. The van der Waals surface area contributed by atoms with Crippen molar-refractivity contribution < 1.29 is 29.0 Å². The molecule has 1 unspecified atom stereocenters. The van der Waals surface area contributed by atoms with Crippen LogP contribution in [-0.4, -0.2) is 132 Å². The number of hydrogen-bond donors (Lipinski definition) is 1. The van der Waals surface area contributed by atoms with Gasteiger partial charge in [-0.3, -0.25) is 19.3 Å². The topological polar surface area (TPSA) is 103 Å². The van der Waals surface area contributed by atoms with Crippen molar-refractivity contribution in [2.24, 2.45) is 11.8 Å². The maximum Gasteiger partial charge on any atom is 0.249 e. The van der Waals surface area contributed by atoms with Crippen LogP contribution in [0.2, 0.25) is 0 Å². The van der Waals surface area contributed by atoms with Gasteiger partial charge >= 0.3 is 0 Å². The molecule has 0 aliphatic carbocycles. The minimum atomic E-state index is -1.19. The molecule has 216 valence electrons. The van der Waals surface area contributed by atoms with Crippen molar-refractivity contribution in [1.29, 1.82) is 0 Å². The van der Waals surface area contributed by atoms with Crippen molar-refractivity contribution >= 4 is 17.7 Å². The number of ether oxygens (including phenoxy) is 2. The lowest BCUT2D eigenvalue weighted by Crippen LogP contribution is -2.57. The molecule has 5 aliphatic rings. The fraction of sp³-hybridized carbons (Fsp3) is 0.759. The zero-order valence-corrected chi connectivity index (χ0v) is 23.4. The van der Waals surface area contributed by atoms with Crippen LogP contribution >= 0.6 is 0 Å². The maximum atomic E-state index is 14.4. The van der Waals surface area contributed by atoms with Crippen LogP contribution in [0.5, 0.6) is 0 Å². The molecule has 3 amide bonds. The Balaban J connectivity index is 1.47. The molecule has 10 nitrogen and oxygen atoms in total. The highest BCUT2D eigenvalue weighted by molar-refractivity contribution is 6.00. The minimum absolute atomic E-state index is 0.102. The number of likely N-dealkylation sites (N-methyl/N-ethyl adjacent to an activating group) is 1. The van der Waals surface area contributed by atoms with Gasteiger partial charge < -0.3 is 29.3 Å². The largest absolute Gasteiger partial charge is 0.396 e. The van der Waals surface area contributed by atoms with Crippen LogP contribution in [0.4, 0.5) is 0 Å². The Hall–Kier alpha value is -2.27. The average molecular weight is 545 g/mol. The van der Waals surface area contributed by atoms with E-state index in [1.807, 2.05) is 36.1 Å². The predicted octanol–water partition coefficient (Wildman–Crippen LogP) is 0.659. The van der Waals surface area contributed by atoms with Crippen LogP contribution < -0.4 is 0 Å². The molecule has 0 radical (unpaired) electrons. The second kappa shape index (κ2) is 11.7. The van der Waals surface area contributed by atoms with Crippen molar-refractivity contribution in [1.82, 2.24) is 19.6 Å². The van der Waals surface area contributed by atoms with Gasteiger partial charge in [0.25, 0.3) is 0 Å². The summed E-state index contributed by atoms with van der Waals surface area (Å²) < 4.78 is 12.4. The average Bonchev–Trinajstić information content (AvgIpc) is 3.24. The second-order valence-electron chi connectivity index (χ2n) is 11.6. The molecule has 5 heterocycles. The van der Waals surface area contributed by atoms with Gasteiger partial charge in [-0.1, -0.05) is 44.1 Å². The summed E-state index contributed by atoms with van der Waals surface area (Å²) in [6.45, 7) is 7.87. The number of carbonyl (C=O) groups is 3. The lowest BCUT2D eigenvalue weighted by Gasteiger charge is -2.38. The third-order valence-electron chi connectivity index (χ3n) is 9.32. The molecule has 10 heteroatoms. The standard InChI is InChI=1S/C29H44N4O6/c1-3-28-10-8-12-30(2)25(35)22(28)23-26(36)33(14-6-4-5-7-19-34)24-27(37)32(13-9-11-29(23,24)39-28)16-15-31-17-20-38-21-18-31/h8-11,22-24,34H,3-7,12-21H2,1-2H3/t22-,23+,24?,28+,29+/m1/s1. The van der Waals surface area contributed by atoms with Crippen LogP contribution in [0, 0.1) is 11.8 Å². The zero-order chi connectivity index (χ0) is 27.6. The number of rotatable bonds is 10. The number of aliphatic hydroxyl groups excluding tert-OH is 1. The molecule has 3 fully saturated rings. The van der Waals surface area contributed by atoms with E-state index in [0.717, 1.165) is 45.3 Å². The Bertz CT molecular complexity index is 996. The highest BCUT2D eigenvalue weighted by Crippen LogP contribution is 2.58. The smallest absolute Gasteiger partial charge is 0.249 e. The van der Waals surface area contributed by atoms with Gasteiger partial charge in [0.1, 0.15) is 11.6 Å². The molecule has 0 aromatic rings. The first-order valence-electron chi connectivity index (χ1n) is 14.7. The Morgan fingerprint density at radius 2 is 1.64 bits per heavy atom. The first-order chi connectivity index (χ1) is 18.9. The molecule has 0 bridgehead atoms. The van der Waals surface area contributed by atoms with Crippen molar-refractivity contribution in [2.45, 2.75) is 56.3 Å². The van der Waals surface area contributed by atoms with Gasteiger partial charge in [-0.05, 0) is 19.3 Å². The molecule has 0 saturated carbocycles. The number of unbranched alkanes of at least 4 members (excludes halogenated alkanes) is 3. The maximum absolute atomic E-state index is 14.4. The van der Waals surface area contributed by atoms with E-state index in [1.54, 1.807) is 16.8 Å². The molecule has 1 spiro atoms. The fourth-order valence-electron chi connectivity index (χ4n) is 7.20. The number of hydrogen-bond acceptors (Lipinski definition) is 7. The van der Waals surface area contributed by atoms with Crippen LogP contribution in [0.25, 0.3) is 0 Å². The number of carbonyl (C=O) groups excluding carboxylic acids is 3. The summed E-state index contributed by atoms with van der Waals surface area (Å²) in [7, 11) is 1.76. The van der Waals surface area contributed by atoms with Gasteiger partial charge in [0, 0.05) is 59.5 Å². The van der Waals surface area contributed by atoms with E-state index in [0.29, 0.717) is 45.8 Å². The lowest BCUT2D eigenvalue weighted by molar-refractivity contribution is -0.154. The van der Waals surface area contributed by atoms with E-state index in [2.05, 4.69) is 4.90 Å². The summed E-state index contributed by atoms with van der Waals surface area (Å²) in [6.07, 6.45) is 11.5. The summed E-state index contributed by atoms with van der Waals surface area (Å²) in [5, 5.41) is 9.16. The lowest BCUT2D eigenvalue weighted by atomic mass is 9.73. The molecule has 39 heavy (non-hydrogen) atoms. The van der Waals surface area contributed by atoms with Gasteiger partial charge in [0.15, 0.2) is 0 Å². The number of fused-ring (bicyclic) bond motifs is 2. The van der Waals surface area contributed by atoms with E-state index >= 15 is 0 Å². The van der Waals surface area contributed by atoms with Gasteiger partial charge in [-0.25, -0.2) is 0 Å². The third-order valence-corrected chi connectivity index (χ3v) is 9.32. The number of nitrogens with zero attached hydrogens (tertiary/aromatic N) is 4. The third kappa shape index (κ3) is 4.94. The molecule has 0 aromatic heterocycles. The Morgan fingerprint density at radius 1 is 0.897 bits per heavy atom. The summed E-state index contributed by atoms with van der Waals surface area (Å²) in [5.74, 6) is -1.80. The molecule has 1 N–H and O–H groups in total. The van der Waals surface area contributed by atoms with Gasteiger partial charge in [-0.2, -0.15) is 0 Å². The van der Waals surface area contributed by atoms with Crippen LogP contribution in [0.15, 0.2) is 24.3 Å². The Kier molecular flexibility index (Phi) is 8.47. The quantitative estimate of drug-likeness (QED) is 0.318. The minimum Gasteiger partial charge on any atom is -0.396 e. The van der Waals surface area contributed by atoms with E-state index in [-0.39, 0.29) is 24.3 Å². The summed E-state index contributed by atoms with van der Waals surface area (Å²) in [4.78, 5) is 50.0. The number of likely N-dealkylation sites (tertiary alicyclic amines) is 1. The Morgan fingerprint density at radius 3 is 2.38 bits per heavy atom. The van der Waals surface area contributed by atoms with E-state index in [1.165, 1.54) is 0 Å². The van der Waals surface area contributed by atoms with Gasteiger partial charge in [-0.15, -0.1) is 0 Å². The van der Waals surface area contributed by atoms with E-state index in [9.17, 15) is 14.4 Å². The SMILES string of the molecule is CC[C@]12C=CCN(C)C(=O)[C@H]1[C@H]1C(=O)N(CCCCCCO)C3C(=O)N(CCN4CCOCC4)CC=C[C@@]31O2. The highest BCUT2D eigenvalue weighted by atomic mass is 16.5. The first kappa shape index (κ1) is 28.3. The molecule has 0 aromatic carbocycles. The van der Waals surface area contributed by atoms with Crippen molar-refractivity contribution in [3.05, 3.63) is 24.3 Å². The van der Waals surface area contributed by atoms with Crippen molar-refractivity contribution in [3.8, 4) is 0 Å². The highest BCUT2D eigenvalue weighted by Gasteiger charge is 2.75. The van der Waals surface area contributed by atoms with Gasteiger partial charge in [0.05, 0.1) is 30.7 Å². The molecule has 5 atom stereocenters. The van der Waals surface area contributed by atoms with Crippen LogP contribution in [0.1, 0.15) is 39.0 Å². The zero-order valence-electron chi connectivity index (χ0n) is 23.4. The van der Waals surface area contributed by atoms with E-state index in [4.69, 9.17) is 14.6 Å². The normalized spacial score (nSPS) is 34.8. The van der Waals surface area contributed by atoms with Crippen LogP contribution in [-0.2, 0) is 23.9 Å². The molecule has 5 rings (SSSR count). The monoisotopic (exact) mass is 544 g/mol. The second-order valence-corrected chi connectivity index (χ2v) is 11.6. The van der Waals surface area contributed by atoms with Gasteiger partial charge in [0.2, 0.25) is 17.7 Å². The molecule has 5 aliphatic heterocycles. The van der Waals surface area contributed by atoms with Crippen molar-refractivity contribution in [3.63, 3.8) is 0 Å². The predicted molar refractivity (Wildman–Crippen MR) is 145 cm³/mol. The number of morpholine rings is 1. The molecular weight excluding hydrogens is 500 g/mol. The number of amides is 3. The van der Waals surface area contributed by atoms with Crippen molar-refractivity contribution in [2.75, 3.05) is 72.7 Å². The van der Waals surface area contributed by atoms with E-state index < -0.39 is 29.1 Å². The molecular formula is C29H44N4O6. The molecule has 3 saturated heterocycles. The number of aliphatic hydroxyl groups is 1. The summed E-state index contributed by atoms with van der Waals surface area (Å²) in [5.41, 5.74) is -2.12. The van der Waals surface area contributed by atoms with Crippen LogP contribution in [0.3, 0.4) is 0 Å². The Labute approximate surface area is 231 Å². The fourth-order valence-corrected chi connectivity index (χ4v) is 7.20. The summed E-state index contributed by atoms with van der Waals surface area (Å²) >= 11 is 0.